The van der Waals surface area contributed by atoms with Crippen LogP contribution in [0.5, 0.6) is 0 Å². The van der Waals surface area contributed by atoms with E-state index in [1.807, 2.05) is 118 Å². The smallest absolute Gasteiger partial charge is 0.0359 e. The van der Waals surface area contributed by atoms with Gasteiger partial charge >= 0.3 is 0 Å². The quantitative estimate of drug-likeness (QED) is 0.0674. The molecule has 0 aliphatic carbocycles. The molecule has 16 aromatic rings. The van der Waals surface area contributed by atoms with Gasteiger partial charge in [0.25, 0.3) is 0 Å². The minimum absolute atomic E-state index is 1.19. The Hall–Kier alpha value is -6.90. The normalized spacial score (nSPS) is 11.8. The zero-order valence-electron chi connectivity index (χ0n) is 47.9. The molecule has 0 aliphatic rings. The maximum atomic E-state index is 2.30. The molecule has 0 nitrogen and oxygen atoms in total. The summed E-state index contributed by atoms with van der Waals surface area (Å²) >= 11 is 19.2. The van der Waals surface area contributed by atoms with E-state index >= 15 is 0 Å². The molecule has 0 amide bonds. The zero-order chi connectivity index (χ0) is 59.7. The van der Waals surface area contributed by atoms with Gasteiger partial charge in [-0.15, -0.1) is 0 Å². The van der Waals surface area contributed by atoms with Crippen LogP contribution in [-0.4, -0.2) is 0 Å². The molecule has 0 aromatic heterocycles. The van der Waals surface area contributed by atoms with Gasteiger partial charge in [-0.2, -0.15) is 0 Å². The van der Waals surface area contributed by atoms with Crippen molar-refractivity contribution in [1.82, 2.24) is 0 Å². The molecule has 0 unspecified atom stereocenters. The van der Waals surface area contributed by atoms with Crippen molar-refractivity contribution in [2.75, 3.05) is 0 Å². The molecule has 10 heteroatoms. The molecule has 0 saturated heterocycles. The topological polar surface area (TPSA) is 0 Å². The van der Waals surface area contributed by atoms with Crippen molar-refractivity contribution in [3.8, 4) is 0 Å². The SMILES string of the molecule is c1ccc(Sc2c(Sc3ccccc3)c3c(Sc4ccccc4)c(Sc4ccccc4)c4c(Sc5ccccc5)c(Sc5ccccc5)c5c(Sc6ccccc6)c(Sc6ccccc6)c6c(Sc7ccccc7)c(Sc7ccccc7)c2c2c3c4c5c62)cc1. The number of hydrogen-bond donors (Lipinski definition) is 0. The van der Waals surface area contributed by atoms with Crippen molar-refractivity contribution in [1.29, 1.82) is 0 Å². The first kappa shape index (κ1) is 58.2. The lowest BCUT2D eigenvalue weighted by atomic mass is 9.99. The minimum Gasteiger partial charge on any atom is -0.0882 e. The van der Waals surface area contributed by atoms with Gasteiger partial charge in [0.15, 0.2) is 0 Å². The number of rotatable bonds is 20. The van der Waals surface area contributed by atoms with Crippen molar-refractivity contribution in [3.63, 3.8) is 0 Å². The molecule has 0 saturated carbocycles. The predicted molar refractivity (Wildman–Crippen MR) is 393 cm³/mol. The van der Waals surface area contributed by atoms with Crippen LogP contribution in [0.4, 0.5) is 0 Å². The van der Waals surface area contributed by atoms with Crippen LogP contribution in [0.1, 0.15) is 0 Å². The van der Waals surface area contributed by atoms with Gasteiger partial charge in [-0.25, -0.2) is 0 Å². The second-order valence-electron chi connectivity index (χ2n) is 21.2. The first-order valence-electron chi connectivity index (χ1n) is 29.4. The molecule has 0 bridgehead atoms. The highest BCUT2D eigenvalue weighted by molar-refractivity contribution is 8.05. The molecule has 0 fully saturated rings. The van der Waals surface area contributed by atoms with Crippen LogP contribution in [-0.2, 0) is 0 Å². The van der Waals surface area contributed by atoms with Gasteiger partial charge < -0.3 is 0 Å². The third kappa shape index (κ3) is 11.5. The van der Waals surface area contributed by atoms with Gasteiger partial charge in [0, 0.05) is 152 Å². The van der Waals surface area contributed by atoms with E-state index in [0.29, 0.717) is 0 Å². The average Bonchev–Trinajstić information content (AvgIpc) is 1.46. The number of hydrogen-bond acceptors (Lipinski definition) is 10. The lowest BCUT2D eigenvalue weighted by Gasteiger charge is -2.25. The van der Waals surface area contributed by atoms with Gasteiger partial charge in [0.05, 0.1) is 0 Å². The summed E-state index contributed by atoms with van der Waals surface area (Å²) in [4.78, 5) is 24.5. The van der Waals surface area contributed by atoms with E-state index in [4.69, 9.17) is 0 Å². The molecule has 16 aromatic carbocycles. The van der Waals surface area contributed by atoms with Crippen molar-refractivity contribution in [3.05, 3.63) is 303 Å². The van der Waals surface area contributed by atoms with Crippen LogP contribution in [0, 0.1) is 0 Å². The van der Waals surface area contributed by atoms with E-state index < -0.39 is 0 Å². The standard InChI is InChI=1S/C80H50S10/c1-11-31-51(32-12-1)81-71-66-61-62-64-65-63(61)68(75(85-55-39-19-5-20-40-55)73(66)83-53-35-15-3-16-36-53)77(87-57-43-23-7-24-44-57)79(89-59-47-27-9-28-48-59)70(65)80(90-60-49-29-10-30-50-60)78(88-58-45-25-8-26-46-58)69(64)76(86-56-41-21-6-22-42-56)74(84-54-37-17-4-18-38-54)67(62)72(71)82-52-33-13-2-14-34-52/h1-50H. The summed E-state index contributed by atoms with van der Waals surface area (Å²) < 4.78 is 0. The maximum absolute atomic E-state index is 2.30. The van der Waals surface area contributed by atoms with Crippen molar-refractivity contribution in [2.45, 2.75) is 97.9 Å². The van der Waals surface area contributed by atoms with E-state index in [1.165, 1.54) is 152 Å². The summed E-state index contributed by atoms with van der Waals surface area (Å²) in [5.74, 6) is 0. The van der Waals surface area contributed by atoms with E-state index in [2.05, 4.69) is 303 Å². The Morgan fingerprint density at radius 3 is 0.278 bits per heavy atom. The fourth-order valence-electron chi connectivity index (χ4n) is 11.7. The van der Waals surface area contributed by atoms with Crippen molar-refractivity contribution in [2.24, 2.45) is 0 Å². The van der Waals surface area contributed by atoms with E-state index in [0.717, 1.165) is 0 Å². The molecule has 0 heterocycles. The lowest BCUT2D eigenvalue weighted by Crippen LogP contribution is -1.96. The number of benzene rings is 15. The maximum Gasteiger partial charge on any atom is 0.0359 e. The molecule has 90 heavy (non-hydrogen) atoms. The first-order valence-corrected chi connectivity index (χ1v) is 37.6. The first-order chi connectivity index (χ1) is 44.7. The Morgan fingerprint density at radius 1 is 0.100 bits per heavy atom. The molecule has 0 spiro atoms. The molecule has 16 rings (SSSR count). The highest BCUT2D eigenvalue weighted by atomic mass is 32.2. The Kier molecular flexibility index (Phi) is 17.1. The molecule has 0 radical (unpaired) electrons. The van der Waals surface area contributed by atoms with Crippen LogP contribution < -0.4 is 0 Å². The molecule has 430 valence electrons. The van der Waals surface area contributed by atoms with E-state index in [1.54, 1.807) is 0 Å². The molecule has 0 atom stereocenters. The van der Waals surface area contributed by atoms with Gasteiger partial charge in [0.2, 0.25) is 0 Å². The van der Waals surface area contributed by atoms with Crippen LogP contribution in [0.15, 0.2) is 401 Å². The summed E-state index contributed by atoms with van der Waals surface area (Å²) in [6.45, 7) is 0. The third-order valence-corrected chi connectivity index (χ3v) is 27.3. The van der Waals surface area contributed by atoms with Crippen LogP contribution in [0.2, 0.25) is 0 Å². The van der Waals surface area contributed by atoms with Crippen molar-refractivity contribution >= 4 is 171 Å². The van der Waals surface area contributed by atoms with Gasteiger partial charge in [0.1, 0.15) is 0 Å². The minimum atomic E-state index is 1.19. The second kappa shape index (κ2) is 26.4. The van der Waals surface area contributed by atoms with Gasteiger partial charge in [-0.05, 0) is 121 Å². The van der Waals surface area contributed by atoms with E-state index in [9.17, 15) is 0 Å². The molecule has 0 N–H and O–H groups in total. The average molecular weight is 1330 g/mol. The summed E-state index contributed by atoms with van der Waals surface area (Å²) in [6.07, 6.45) is 0. The second-order valence-corrected chi connectivity index (χ2v) is 32.0. The molecule has 0 aliphatic heterocycles. The summed E-state index contributed by atoms with van der Waals surface area (Å²) in [7, 11) is 0. The van der Waals surface area contributed by atoms with Crippen LogP contribution in [0.3, 0.4) is 0 Å². The Bertz CT molecular complexity index is 4050. The zero-order valence-corrected chi connectivity index (χ0v) is 56.1. The molecular weight excluding hydrogens is 1280 g/mol. The van der Waals surface area contributed by atoms with Crippen LogP contribution >= 0.6 is 118 Å². The van der Waals surface area contributed by atoms with Crippen LogP contribution in [0.25, 0.3) is 53.9 Å². The highest BCUT2D eigenvalue weighted by Gasteiger charge is 2.39. The third-order valence-electron chi connectivity index (χ3n) is 15.4. The van der Waals surface area contributed by atoms with Gasteiger partial charge in [-0.3, -0.25) is 0 Å². The summed E-state index contributed by atoms with van der Waals surface area (Å²) in [5.41, 5.74) is 0. The summed E-state index contributed by atoms with van der Waals surface area (Å²) in [5, 5.41) is 13.1. The predicted octanol–water partition coefficient (Wildman–Crippen LogP) is 27.3. The van der Waals surface area contributed by atoms with Gasteiger partial charge in [-0.1, -0.05) is 300 Å². The van der Waals surface area contributed by atoms with E-state index in [-0.39, 0.29) is 0 Å². The Labute approximate surface area is 567 Å². The molecular formula is C80H50S10. The largest absolute Gasteiger partial charge is 0.0882 e. The Morgan fingerprint density at radius 2 is 0.189 bits per heavy atom. The highest BCUT2D eigenvalue weighted by Crippen LogP contribution is 2.68. The van der Waals surface area contributed by atoms with Crippen molar-refractivity contribution < 1.29 is 0 Å². The Balaban J connectivity index is 1.24. The fourth-order valence-corrected chi connectivity index (χ4v) is 23.6. The monoisotopic (exact) mass is 1330 g/mol. The summed E-state index contributed by atoms with van der Waals surface area (Å²) in [6, 6.07) is 111. The lowest BCUT2D eigenvalue weighted by molar-refractivity contribution is 1.21. The fraction of sp³-hybridized carbons (Fsp3) is 0.